The van der Waals surface area contributed by atoms with E-state index in [1.165, 1.54) is 0 Å². The number of benzene rings is 1. The molecule has 0 aliphatic rings. The predicted octanol–water partition coefficient (Wildman–Crippen LogP) is 0.771. The van der Waals surface area contributed by atoms with Crippen LogP contribution in [0.4, 0.5) is 5.69 Å². The van der Waals surface area contributed by atoms with Crippen molar-refractivity contribution in [1.82, 2.24) is 10.2 Å². The van der Waals surface area contributed by atoms with E-state index in [1.807, 2.05) is 0 Å². The quantitative estimate of drug-likeness (QED) is 0.743. The number of H-pyrrole nitrogens is 1. The van der Waals surface area contributed by atoms with Gasteiger partial charge in [0.2, 0.25) is 0 Å². The molecule has 7 heteroatoms. The molecule has 6 nitrogen and oxygen atoms in total. The normalized spacial score (nSPS) is 10.3. The average Bonchev–Trinajstić information content (AvgIpc) is 2.32. The Kier molecular flexibility index (Phi) is 3.03. The van der Waals surface area contributed by atoms with Crippen molar-refractivity contribution in [2.24, 2.45) is 5.73 Å². The summed E-state index contributed by atoms with van der Waals surface area (Å²) in [7, 11) is 0. The van der Waals surface area contributed by atoms with Crippen LogP contribution in [0.15, 0.2) is 29.1 Å². The van der Waals surface area contributed by atoms with E-state index in [1.54, 1.807) is 24.3 Å². The molecule has 92 valence electrons. The first-order chi connectivity index (χ1) is 8.50. The van der Waals surface area contributed by atoms with Crippen LogP contribution in [0.25, 0.3) is 11.3 Å². The van der Waals surface area contributed by atoms with Gasteiger partial charge in [0.15, 0.2) is 0 Å². The fourth-order valence-corrected chi connectivity index (χ4v) is 1.75. The molecule has 1 aromatic heterocycles. The molecule has 0 unspecified atom stereocenters. The third kappa shape index (κ3) is 2.05. The lowest BCUT2D eigenvalue weighted by atomic mass is 10.1. The molecule has 2 aromatic rings. The highest BCUT2D eigenvalue weighted by Crippen LogP contribution is 2.24. The number of hydrogen-bond donors (Lipinski definition) is 3. The molecule has 1 aromatic carbocycles. The molecule has 0 saturated carbocycles. The van der Waals surface area contributed by atoms with E-state index in [0.717, 1.165) is 0 Å². The van der Waals surface area contributed by atoms with Crippen LogP contribution < -0.4 is 17.0 Å². The second kappa shape index (κ2) is 4.50. The van der Waals surface area contributed by atoms with Gasteiger partial charge in [0.1, 0.15) is 11.4 Å². The van der Waals surface area contributed by atoms with Gasteiger partial charge in [-0.15, -0.1) is 0 Å². The molecule has 18 heavy (non-hydrogen) atoms. The van der Waals surface area contributed by atoms with E-state index >= 15 is 0 Å². The fourth-order valence-electron chi connectivity index (χ4n) is 1.56. The molecule has 0 atom stereocenters. The zero-order valence-electron chi connectivity index (χ0n) is 9.11. The summed E-state index contributed by atoms with van der Waals surface area (Å²) in [6, 6.07) is 6.63. The Labute approximate surface area is 107 Å². The Morgan fingerprint density at radius 1 is 1.39 bits per heavy atom. The van der Waals surface area contributed by atoms with Crippen molar-refractivity contribution in [1.29, 1.82) is 0 Å². The van der Waals surface area contributed by atoms with Crippen LogP contribution in [0.3, 0.4) is 0 Å². The van der Waals surface area contributed by atoms with Crippen molar-refractivity contribution in [2.75, 3.05) is 5.73 Å². The summed E-state index contributed by atoms with van der Waals surface area (Å²) in [6.45, 7) is 0. The zero-order valence-corrected chi connectivity index (χ0v) is 9.86. The highest BCUT2D eigenvalue weighted by atomic mass is 35.5. The lowest BCUT2D eigenvalue weighted by molar-refractivity contribution is 0.100. The van der Waals surface area contributed by atoms with Crippen molar-refractivity contribution in [2.45, 2.75) is 0 Å². The lowest BCUT2D eigenvalue weighted by Gasteiger charge is -2.07. The van der Waals surface area contributed by atoms with Gasteiger partial charge in [-0.2, -0.15) is 5.10 Å². The number of nitrogens with zero attached hydrogens (tertiary/aromatic N) is 1. The topological polar surface area (TPSA) is 115 Å². The molecule has 0 bridgehead atoms. The first-order valence-corrected chi connectivity index (χ1v) is 5.32. The highest BCUT2D eigenvalue weighted by molar-refractivity contribution is 6.30. The molecular formula is C11H9ClN4O2. The number of carbonyl (C=O) groups excluding carboxylic acids is 1. The maximum absolute atomic E-state index is 11.4. The Morgan fingerprint density at radius 2 is 2.11 bits per heavy atom. The molecule has 0 aliphatic carbocycles. The summed E-state index contributed by atoms with van der Waals surface area (Å²) in [5, 5.41) is 6.46. The van der Waals surface area contributed by atoms with Crippen molar-refractivity contribution < 1.29 is 4.79 Å². The molecule has 5 N–H and O–H groups in total. The van der Waals surface area contributed by atoms with E-state index in [0.29, 0.717) is 10.6 Å². The van der Waals surface area contributed by atoms with Gasteiger partial charge in [-0.05, 0) is 12.1 Å². The Hall–Kier alpha value is -2.34. The van der Waals surface area contributed by atoms with E-state index < -0.39 is 11.5 Å². The summed E-state index contributed by atoms with van der Waals surface area (Å²) < 4.78 is 0. The van der Waals surface area contributed by atoms with Crippen molar-refractivity contribution in [3.63, 3.8) is 0 Å². The molecule has 1 heterocycles. The maximum Gasteiger partial charge on any atom is 0.288 e. The summed E-state index contributed by atoms with van der Waals surface area (Å²) >= 11 is 5.85. The Balaban J connectivity index is 2.76. The van der Waals surface area contributed by atoms with E-state index in [4.69, 9.17) is 23.1 Å². The zero-order chi connectivity index (χ0) is 13.3. The molecular weight excluding hydrogens is 256 g/mol. The van der Waals surface area contributed by atoms with Gasteiger partial charge in [-0.25, -0.2) is 5.10 Å². The van der Waals surface area contributed by atoms with Gasteiger partial charge in [0.25, 0.3) is 11.5 Å². The van der Waals surface area contributed by atoms with Crippen molar-refractivity contribution in [3.8, 4) is 11.3 Å². The number of amides is 1. The SMILES string of the molecule is NC(=O)c1c(-c2cccc(Cl)c2)n[nH]c(=O)c1N. The number of aromatic nitrogens is 2. The molecule has 1 amide bonds. The van der Waals surface area contributed by atoms with E-state index in [9.17, 15) is 9.59 Å². The van der Waals surface area contributed by atoms with Crippen LogP contribution in [0, 0.1) is 0 Å². The summed E-state index contributed by atoms with van der Waals surface area (Å²) in [5.41, 5.74) is 10.5. The summed E-state index contributed by atoms with van der Waals surface area (Å²) in [5.74, 6) is -0.818. The minimum atomic E-state index is -0.818. The van der Waals surface area contributed by atoms with Gasteiger partial charge in [-0.3, -0.25) is 9.59 Å². The van der Waals surface area contributed by atoms with E-state index in [-0.39, 0.29) is 16.9 Å². The minimum absolute atomic E-state index is 0.110. The third-order valence-corrected chi connectivity index (χ3v) is 2.60. The standard InChI is InChI=1S/C11H9ClN4O2/c12-6-3-1-2-5(4-6)9-7(10(14)17)8(13)11(18)16-15-9/h1-4H,(H2,13,15)(H2,14,17)(H,16,18). The predicted molar refractivity (Wildman–Crippen MR) is 68.2 cm³/mol. The largest absolute Gasteiger partial charge is 0.393 e. The number of rotatable bonds is 2. The van der Waals surface area contributed by atoms with Gasteiger partial charge in [0.05, 0.1) is 5.56 Å². The minimum Gasteiger partial charge on any atom is -0.393 e. The van der Waals surface area contributed by atoms with Crippen LogP contribution in [0.1, 0.15) is 10.4 Å². The molecule has 0 radical (unpaired) electrons. The second-order valence-electron chi connectivity index (χ2n) is 3.56. The maximum atomic E-state index is 11.4. The van der Waals surface area contributed by atoms with Crippen LogP contribution in [0.5, 0.6) is 0 Å². The highest BCUT2D eigenvalue weighted by Gasteiger charge is 2.18. The van der Waals surface area contributed by atoms with Gasteiger partial charge < -0.3 is 11.5 Å². The van der Waals surface area contributed by atoms with Crippen LogP contribution in [-0.2, 0) is 0 Å². The molecule has 0 aliphatic heterocycles. The summed E-state index contributed by atoms with van der Waals surface area (Å²) in [6.07, 6.45) is 0. The van der Waals surface area contributed by atoms with Crippen LogP contribution in [-0.4, -0.2) is 16.1 Å². The number of carbonyl (C=O) groups is 1. The fraction of sp³-hybridized carbons (Fsp3) is 0. The smallest absolute Gasteiger partial charge is 0.288 e. The number of aromatic amines is 1. The van der Waals surface area contributed by atoms with Gasteiger partial charge >= 0.3 is 0 Å². The molecule has 0 spiro atoms. The Bertz CT molecular complexity index is 681. The van der Waals surface area contributed by atoms with Crippen molar-refractivity contribution >= 4 is 23.2 Å². The number of nitrogens with two attached hydrogens (primary N) is 2. The van der Waals surface area contributed by atoms with Crippen molar-refractivity contribution in [3.05, 3.63) is 45.2 Å². The number of primary amides is 1. The monoisotopic (exact) mass is 264 g/mol. The van der Waals surface area contributed by atoms with Gasteiger partial charge in [-0.1, -0.05) is 23.7 Å². The second-order valence-corrected chi connectivity index (χ2v) is 4.00. The molecule has 0 saturated heterocycles. The third-order valence-electron chi connectivity index (χ3n) is 2.36. The Morgan fingerprint density at radius 3 is 2.72 bits per heavy atom. The summed E-state index contributed by atoms with van der Waals surface area (Å²) in [4.78, 5) is 22.7. The van der Waals surface area contributed by atoms with E-state index in [2.05, 4.69) is 10.2 Å². The lowest BCUT2D eigenvalue weighted by Crippen LogP contribution is -2.24. The first-order valence-electron chi connectivity index (χ1n) is 4.94. The number of halogens is 1. The number of hydrogen-bond acceptors (Lipinski definition) is 4. The number of nitrogen functional groups attached to an aromatic ring is 1. The molecule has 2 rings (SSSR count). The number of nitrogens with one attached hydrogen (secondary N) is 1. The van der Waals surface area contributed by atoms with Crippen LogP contribution in [0.2, 0.25) is 5.02 Å². The average molecular weight is 265 g/mol. The first kappa shape index (κ1) is 12.1. The van der Waals surface area contributed by atoms with Crippen LogP contribution >= 0.6 is 11.6 Å². The van der Waals surface area contributed by atoms with Gasteiger partial charge in [0, 0.05) is 10.6 Å². The number of anilines is 1. The molecule has 0 fully saturated rings.